The van der Waals surface area contributed by atoms with E-state index in [1.807, 2.05) is 17.9 Å². The van der Waals surface area contributed by atoms with Crippen LogP contribution >= 0.6 is 0 Å². The Morgan fingerprint density at radius 2 is 2.19 bits per heavy atom. The molecule has 1 saturated carbocycles. The van der Waals surface area contributed by atoms with Crippen LogP contribution in [0, 0.1) is 23.1 Å². The van der Waals surface area contributed by atoms with Crippen LogP contribution in [0.4, 0.5) is 10.1 Å². The number of rotatable bonds is 2. The summed E-state index contributed by atoms with van der Waals surface area (Å²) in [5.41, 5.74) is 6.93. The summed E-state index contributed by atoms with van der Waals surface area (Å²) >= 11 is 0. The molecule has 0 unspecified atom stereocenters. The molecule has 140 valence electrons. The summed E-state index contributed by atoms with van der Waals surface area (Å²) in [6.45, 7) is 3.56. The Morgan fingerprint density at radius 3 is 2.89 bits per heavy atom. The molecule has 3 aliphatic rings. The van der Waals surface area contributed by atoms with E-state index >= 15 is 4.39 Å². The summed E-state index contributed by atoms with van der Waals surface area (Å²) in [6, 6.07) is 4.57. The summed E-state index contributed by atoms with van der Waals surface area (Å²) in [4.78, 5) is 14.7. The van der Waals surface area contributed by atoms with Crippen LogP contribution in [0.2, 0.25) is 0 Å². The second-order valence-corrected chi connectivity index (χ2v) is 8.14. The highest BCUT2D eigenvalue weighted by Crippen LogP contribution is 2.48. The Balaban J connectivity index is 1.70. The fraction of sp³-hybridized carbons (Fsp3) is 0.500. The van der Waals surface area contributed by atoms with Gasteiger partial charge < -0.3 is 15.4 Å². The van der Waals surface area contributed by atoms with Crippen molar-refractivity contribution in [2.24, 2.45) is 11.7 Å². The number of nitriles is 1. The van der Waals surface area contributed by atoms with E-state index in [1.54, 1.807) is 4.57 Å². The Labute approximate surface area is 155 Å². The molecule has 2 atom stereocenters. The first kappa shape index (κ1) is 16.6. The van der Waals surface area contributed by atoms with Crippen LogP contribution in [-0.4, -0.2) is 29.8 Å². The summed E-state index contributed by atoms with van der Waals surface area (Å²) < 4.78 is 22.6. The van der Waals surface area contributed by atoms with Gasteiger partial charge in [0.15, 0.2) is 11.6 Å². The van der Waals surface area contributed by atoms with E-state index in [-0.39, 0.29) is 35.1 Å². The number of nitrogens with zero attached hydrogens (tertiary/aromatic N) is 3. The Kier molecular flexibility index (Phi) is 3.35. The summed E-state index contributed by atoms with van der Waals surface area (Å²) in [7, 11) is 0. The molecule has 0 spiro atoms. The molecule has 27 heavy (non-hydrogen) atoms. The highest BCUT2D eigenvalue weighted by Gasteiger charge is 2.48. The zero-order valence-corrected chi connectivity index (χ0v) is 15.2. The van der Waals surface area contributed by atoms with Crippen LogP contribution in [-0.2, 0) is 0 Å². The Bertz CT molecular complexity index is 1070. The number of pyridine rings is 1. The fourth-order valence-corrected chi connectivity index (χ4v) is 4.63. The van der Waals surface area contributed by atoms with Crippen LogP contribution in [0.5, 0.6) is 5.75 Å². The Morgan fingerprint density at radius 1 is 1.41 bits per heavy atom. The van der Waals surface area contributed by atoms with E-state index < -0.39 is 0 Å². The number of aromatic nitrogens is 1. The lowest BCUT2D eigenvalue weighted by Crippen LogP contribution is -2.35. The number of anilines is 1. The average Bonchev–Trinajstić information content (AvgIpc) is 3.20. The molecule has 1 aliphatic carbocycles. The summed E-state index contributed by atoms with van der Waals surface area (Å²) in [5.74, 6) is 0.376. The predicted octanol–water partition coefficient (Wildman–Crippen LogP) is 2.28. The molecule has 2 fully saturated rings. The first-order valence-electron chi connectivity index (χ1n) is 9.41. The van der Waals surface area contributed by atoms with E-state index in [0.29, 0.717) is 34.8 Å². The van der Waals surface area contributed by atoms with Gasteiger partial charge in [-0.25, -0.2) is 4.39 Å². The maximum absolute atomic E-state index is 15.1. The molecule has 1 aromatic carbocycles. The highest BCUT2D eigenvalue weighted by atomic mass is 19.1. The quantitative estimate of drug-likeness (QED) is 0.879. The molecular formula is C20H21FN4O2. The van der Waals surface area contributed by atoms with Crippen LogP contribution in [0.3, 0.4) is 0 Å². The minimum atomic E-state index is -0.385. The van der Waals surface area contributed by atoms with Crippen LogP contribution in [0.15, 0.2) is 16.9 Å². The zero-order valence-electron chi connectivity index (χ0n) is 15.2. The Hall–Kier alpha value is -2.59. The number of halogens is 1. The van der Waals surface area contributed by atoms with Gasteiger partial charge in [-0.2, -0.15) is 5.26 Å². The molecule has 3 heterocycles. The first-order valence-corrected chi connectivity index (χ1v) is 9.41. The van der Waals surface area contributed by atoms with Gasteiger partial charge in [-0.3, -0.25) is 9.36 Å². The van der Waals surface area contributed by atoms with Crippen molar-refractivity contribution in [1.29, 1.82) is 5.26 Å². The van der Waals surface area contributed by atoms with Crippen molar-refractivity contribution in [3.05, 3.63) is 33.9 Å². The van der Waals surface area contributed by atoms with Gasteiger partial charge in [-0.05, 0) is 44.2 Å². The van der Waals surface area contributed by atoms with Crippen molar-refractivity contribution in [1.82, 2.24) is 4.57 Å². The van der Waals surface area contributed by atoms with Gasteiger partial charge in [0, 0.05) is 24.0 Å². The smallest absolute Gasteiger partial charge is 0.269 e. The van der Waals surface area contributed by atoms with Crippen molar-refractivity contribution in [3.8, 4) is 11.8 Å². The van der Waals surface area contributed by atoms with E-state index in [2.05, 4.69) is 0 Å². The number of ether oxygens (including phenoxy) is 1. The number of hydrogen-bond donors (Lipinski definition) is 1. The lowest BCUT2D eigenvalue weighted by atomic mass is 9.97. The molecule has 0 radical (unpaired) electrons. The van der Waals surface area contributed by atoms with Gasteiger partial charge in [0.25, 0.3) is 5.56 Å². The maximum atomic E-state index is 15.1. The van der Waals surface area contributed by atoms with E-state index in [9.17, 15) is 10.1 Å². The van der Waals surface area contributed by atoms with Gasteiger partial charge in [0.2, 0.25) is 0 Å². The van der Waals surface area contributed by atoms with Gasteiger partial charge in [-0.15, -0.1) is 0 Å². The molecular weight excluding hydrogens is 347 g/mol. The van der Waals surface area contributed by atoms with Crippen LogP contribution < -0.4 is 20.9 Å². The van der Waals surface area contributed by atoms with Crippen molar-refractivity contribution >= 4 is 16.6 Å². The maximum Gasteiger partial charge on any atom is 0.269 e. The molecule has 2 N–H and O–H groups in total. The molecule has 7 heteroatoms. The van der Waals surface area contributed by atoms with Crippen LogP contribution in [0.25, 0.3) is 10.9 Å². The normalized spacial score (nSPS) is 25.3. The van der Waals surface area contributed by atoms with E-state index in [1.165, 1.54) is 12.1 Å². The second-order valence-electron chi connectivity index (χ2n) is 8.14. The molecule has 0 amide bonds. The molecule has 5 rings (SSSR count). The highest BCUT2D eigenvalue weighted by molar-refractivity contribution is 5.92. The SMILES string of the molecule is C[C@H]1COc2c(N3CC[C@@H](C4(N)CC4)C3)c(F)cc3cc(C#N)c(=O)n1c23. The monoisotopic (exact) mass is 368 g/mol. The molecule has 2 aromatic rings. The van der Waals surface area contributed by atoms with Crippen molar-refractivity contribution in [2.45, 2.75) is 37.8 Å². The third-order valence-electron chi connectivity index (χ3n) is 6.38. The number of nitrogens with two attached hydrogens (primary N) is 1. The van der Waals surface area contributed by atoms with Crippen molar-refractivity contribution in [3.63, 3.8) is 0 Å². The molecule has 2 aliphatic heterocycles. The van der Waals surface area contributed by atoms with E-state index in [0.717, 1.165) is 25.8 Å². The third kappa shape index (κ3) is 2.29. The van der Waals surface area contributed by atoms with Crippen LogP contribution in [0.1, 0.15) is 37.8 Å². The number of benzene rings is 1. The summed E-state index contributed by atoms with van der Waals surface area (Å²) in [5, 5.41) is 9.79. The largest absolute Gasteiger partial charge is 0.487 e. The van der Waals surface area contributed by atoms with Gasteiger partial charge in [-0.1, -0.05) is 0 Å². The molecule has 6 nitrogen and oxygen atoms in total. The van der Waals surface area contributed by atoms with Gasteiger partial charge in [0.1, 0.15) is 23.9 Å². The average molecular weight is 368 g/mol. The van der Waals surface area contributed by atoms with E-state index in [4.69, 9.17) is 10.5 Å². The molecule has 1 aromatic heterocycles. The van der Waals surface area contributed by atoms with Crippen molar-refractivity contribution in [2.75, 3.05) is 24.6 Å². The van der Waals surface area contributed by atoms with Crippen molar-refractivity contribution < 1.29 is 9.13 Å². The zero-order chi connectivity index (χ0) is 18.9. The molecule has 0 bridgehead atoms. The van der Waals surface area contributed by atoms with Gasteiger partial charge in [0.05, 0.1) is 11.6 Å². The minimum absolute atomic E-state index is 0.0226. The fourth-order valence-electron chi connectivity index (χ4n) is 4.63. The lowest BCUT2D eigenvalue weighted by Gasteiger charge is -2.31. The second kappa shape index (κ2) is 5.46. The third-order valence-corrected chi connectivity index (χ3v) is 6.38. The lowest BCUT2D eigenvalue weighted by molar-refractivity contribution is 0.244. The summed E-state index contributed by atoms with van der Waals surface area (Å²) in [6.07, 6.45) is 3.00. The standard InChI is InChI=1S/C20H21FN4O2/c1-11-10-27-18-16-12(6-13(8-22)19(26)25(11)16)7-15(21)17(18)24-5-2-14(9-24)20(23)3-4-20/h6-7,11,14H,2-5,9-10,23H2,1H3/t11-,14+/m0/s1. The topological polar surface area (TPSA) is 84.3 Å². The molecule has 1 saturated heterocycles. The minimum Gasteiger partial charge on any atom is -0.487 e. The predicted molar refractivity (Wildman–Crippen MR) is 99.6 cm³/mol. The van der Waals surface area contributed by atoms with Gasteiger partial charge >= 0.3 is 0 Å². The first-order chi connectivity index (χ1) is 12.9. The number of hydrogen-bond acceptors (Lipinski definition) is 5.